The van der Waals surface area contributed by atoms with Gasteiger partial charge in [-0.25, -0.2) is 13.2 Å². The maximum absolute atomic E-state index is 12.9. The molecule has 0 unspecified atom stereocenters. The zero-order chi connectivity index (χ0) is 21.6. The average Bonchev–Trinajstić information content (AvgIpc) is 2.75. The molecule has 0 spiro atoms. The summed E-state index contributed by atoms with van der Waals surface area (Å²) in [6.45, 7) is 3.06. The van der Waals surface area contributed by atoms with Gasteiger partial charge >= 0.3 is 5.97 Å². The van der Waals surface area contributed by atoms with Crippen LogP contribution in [0.5, 0.6) is 0 Å². The van der Waals surface area contributed by atoms with Gasteiger partial charge in [0.2, 0.25) is 15.9 Å². The predicted octanol–water partition coefficient (Wildman–Crippen LogP) is 2.74. The van der Waals surface area contributed by atoms with Crippen molar-refractivity contribution in [3.8, 4) is 0 Å². The quantitative estimate of drug-likeness (QED) is 0.297. The van der Waals surface area contributed by atoms with Crippen LogP contribution in [0.25, 0.3) is 0 Å². The molecule has 0 amide bonds. The molecule has 8 nitrogen and oxygen atoms in total. The summed E-state index contributed by atoms with van der Waals surface area (Å²) in [5.74, 6) is -0.426. The molecule has 0 radical (unpaired) electrons. The Morgan fingerprint density at radius 1 is 1.10 bits per heavy atom. The van der Waals surface area contributed by atoms with E-state index < -0.39 is 16.0 Å². The normalized spacial score (nSPS) is 15.7. The van der Waals surface area contributed by atoms with Crippen LogP contribution >= 0.6 is 15.9 Å². The molecule has 0 saturated carbocycles. The summed E-state index contributed by atoms with van der Waals surface area (Å²) in [6, 6.07) is 15.9. The van der Waals surface area contributed by atoms with Crippen molar-refractivity contribution in [1.82, 2.24) is 9.21 Å². The van der Waals surface area contributed by atoms with Crippen molar-refractivity contribution in [2.24, 2.45) is 5.10 Å². The number of ether oxygens (including phenoxy) is 1. The minimum absolute atomic E-state index is 0.125. The van der Waals surface area contributed by atoms with E-state index in [4.69, 9.17) is 4.74 Å². The number of esters is 1. The van der Waals surface area contributed by atoms with E-state index >= 15 is 0 Å². The van der Waals surface area contributed by atoms with Gasteiger partial charge in [0.25, 0.3) is 0 Å². The number of nitrogens with zero attached hydrogens (tertiary/aromatic N) is 3. The number of hydrogen-bond donors (Lipinski definition) is 1. The van der Waals surface area contributed by atoms with Gasteiger partial charge in [-0.05, 0) is 37.3 Å². The zero-order valence-electron chi connectivity index (χ0n) is 16.5. The number of anilines is 1. The van der Waals surface area contributed by atoms with Gasteiger partial charge in [0.05, 0.1) is 17.2 Å². The van der Waals surface area contributed by atoms with Crippen LogP contribution in [0.4, 0.5) is 5.69 Å². The second-order valence-electron chi connectivity index (χ2n) is 6.48. The third-order valence-electron chi connectivity index (χ3n) is 4.49. The number of benzene rings is 2. The Kier molecular flexibility index (Phi) is 7.46. The van der Waals surface area contributed by atoms with Crippen LogP contribution in [0, 0.1) is 0 Å². The molecule has 10 heteroatoms. The van der Waals surface area contributed by atoms with Gasteiger partial charge in [0.1, 0.15) is 0 Å². The molecule has 2 aromatic rings. The van der Waals surface area contributed by atoms with Crippen molar-refractivity contribution in [3.63, 3.8) is 0 Å². The Hall–Kier alpha value is -2.43. The third-order valence-corrected chi connectivity index (χ3v) is 6.88. The van der Waals surface area contributed by atoms with Crippen LogP contribution in [-0.2, 0) is 19.6 Å². The van der Waals surface area contributed by atoms with Gasteiger partial charge in [0, 0.05) is 30.7 Å². The highest BCUT2D eigenvalue weighted by molar-refractivity contribution is 9.10. The number of para-hydroxylation sites is 1. The van der Waals surface area contributed by atoms with Gasteiger partial charge in [-0.3, -0.25) is 5.43 Å². The highest BCUT2D eigenvalue weighted by Gasteiger charge is 2.32. The lowest BCUT2D eigenvalue weighted by Gasteiger charge is -2.34. The summed E-state index contributed by atoms with van der Waals surface area (Å²) in [5, 5.41) is 4.24. The first-order valence-corrected chi connectivity index (χ1v) is 11.7. The number of hydrazone groups is 1. The average molecular weight is 495 g/mol. The topological polar surface area (TPSA) is 91.3 Å². The number of amidine groups is 1. The highest BCUT2D eigenvalue weighted by atomic mass is 79.9. The van der Waals surface area contributed by atoms with E-state index in [0.717, 1.165) is 5.69 Å². The van der Waals surface area contributed by atoms with Crippen molar-refractivity contribution < 1.29 is 17.9 Å². The number of rotatable bonds is 5. The third kappa shape index (κ3) is 5.38. The van der Waals surface area contributed by atoms with Crippen molar-refractivity contribution in [3.05, 3.63) is 59.1 Å². The monoisotopic (exact) mass is 494 g/mol. The lowest BCUT2D eigenvalue weighted by Crippen LogP contribution is -2.52. The molecule has 160 valence electrons. The number of sulfonamides is 1. The van der Waals surface area contributed by atoms with E-state index in [9.17, 15) is 13.2 Å². The number of carbonyl (C=O) groups excluding carboxylic acids is 1. The first kappa shape index (κ1) is 22.3. The number of piperazine rings is 1. The molecule has 0 aliphatic carbocycles. The van der Waals surface area contributed by atoms with Gasteiger partial charge < -0.3 is 9.64 Å². The maximum Gasteiger partial charge on any atom is 0.375 e. The molecule has 3 rings (SSSR count). The first-order valence-electron chi connectivity index (χ1n) is 9.48. The fourth-order valence-corrected chi connectivity index (χ4v) is 5.01. The molecule has 0 aromatic heterocycles. The van der Waals surface area contributed by atoms with E-state index in [2.05, 4.69) is 26.5 Å². The zero-order valence-corrected chi connectivity index (χ0v) is 18.9. The fourth-order valence-electron chi connectivity index (χ4n) is 2.99. The fraction of sp³-hybridized carbons (Fsp3) is 0.300. The molecule has 1 N–H and O–H groups in total. The van der Waals surface area contributed by atoms with Gasteiger partial charge in [-0.2, -0.15) is 4.31 Å². The lowest BCUT2D eigenvalue weighted by molar-refractivity contribution is -0.136. The van der Waals surface area contributed by atoms with E-state index in [0.29, 0.717) is 17.6 Å². The molecule has 1 fully saturated rings. The molecule has 0 bridgehead atoms. The van der Waals surface area contributed by atoms with Crippen molar-refractivity contribution in [2.45, 2.75) is 11.8 Å². The van der Waals surface area contributed by atoms with Gasteiger partial charge in [-0.15, -0.1) is 5.10 Å². The minimum atomic E-state index is -3.61. The Balaban J connectivity index is 1.73. The van der Waals surface area contributed by atoms with Crippen LogP contribution in [-0.4, -0.2) is 62.2 Å². The Labute approximate surface area is 184 Å². The lowest BCUT2D eigenvalue weighted by atomic mass is 10.3. The Bertz CT molecular complexity index is 1010. The molecule has 0 atom stereocenters. The smallest absolute Gasteiger partial charge is 0.375 e. The standard InChI is InChI=1S/C20H23BrN4O4S/c1-2-29-20(26)19(23-22-17-8-4-3-5-9-17)24-11-13-25(14-12-24)30(27,28)18-10-6-7-16(21)15-18/h3-10,15,22H,2,11-14H2,1H3/b23-19+. The summed E-state index contributed by atoms with van der Waals surface area (Å²) in [4.78, 5) is 14.4. The first-order chi connectivity index (χ1) is 14.4. The maximum atomic E-state index is 12.9. The van der Waals surface area contributed by atoms with E-state index in [1.54, 1.807) is 36.1 Å². The summed E-state index contributed by atoms with van der Waals surface area (Å²) >= 11 is 3.31. The molecular weight excluding hydrogens is 472 g/mol. The molecule has 1 aliphatic rings. The second-order valence-corrected chi connectivity index (χ2v) is 9.34. The summed E-state index contributed by atoms with van der Waals surface area (Å²) in [6.07, 6.45) is 0. The summed E-state index contributed by atoms with van der Waals surface area (Å²) < 4.78 is 33.1. The van der Waals surface area contributed by atoms with Crippen LogP contribution in [0.1, 0.15) is 6.92 Å². The van der Waals surface area contributed by atoms with Crippen LogP contribution < -0.4 is 5.43 Å². The van der Waals surface area contributed by atoms with Crippen LogP contribution in [0.2, 0.25) is 0 Å². The highest BCUT2D eigenvalue weighted by Crippen LogP contribution is 2.21. The summed E-state index contributed by atoms with van der Waals surface area (Å²) in [5.41, 5.74) is 3.59. The van der Waals surface area contributed by atoms with Gasteiger partial charge in [0.15, 0.2) is 0 Å². The van der Waals surface area contributed by atoms with Crippen LogP contribution in [0.3, 0.4) is 0 Å². The second kappa shape index (κ2) is 10.1. The van der Waals surface area contributed by atoms with Crippen molar-refractivity contribution in [1.29, 1.82) is 0 Å². The largest absolute Gasteiger partial charge is 0.460 e. The summed E-state index contributed by atoms with van der Waals surface area (Å²) in [7, 11) is -3.61. The Morgan fingerprint density at radius 3 is 2.43 bits per heavy atom. The number of carbonyl (C=O) groups is 1. The molecule has 30 heavy (non-hydrogen) atoms. The molecule has 1 aliphatic heterocycles. The SMILES string of the molecule is CCOC(=O)/C(=N\Nc1ccccc1)N1CCN(S(=O)(=O)c2cccc(Br)c2)CC1. The van der Waals surface area contributed by atoms with E-state index in [-0.39, 0.29) is 30.4 Å². The van der Waals surface area contributed by atoms with Crippen LogP contribution in [0.15, 0.2) is 69.1 Å². The number of halogens is 1. The number of nitrogens with one attached hydrogen (secondary N) is 1. The molecule has 1 saturated heterocycles. The predicted molar refractivity (Wildman–Crippen MR) is 119 cm³/mol. The van der Waals surface area contributed by atoms with E-state index in [1.165, 1.54) is 4.31 Å². The molecule has 1 heterocycles. The number of hydrogen-bond acceptors (Lipinski definition) is 6. The van der Waals surface area contributed by atoms with Crippen molar-refractivity contribution in [2.75, 3.05) is 38.2 Å². The van der Waals surface area contributed by atoms with E-state index in [1.807, 2.05) is 30.3 Å². The van der Waals surface area contributed by atoms with Gasteiger partial charge in [-0.1, -0.05) is 40.2 Å². The molecule has 2 aromatic carbocycles. The minimum Gasteiger partial charge on any atom is -0.460 e. The Morgan fingerprint density at radius 2 is 1.80 bits per heavy atom. The van der Waals surface area contributed by atoms with Crippen molar-refractivity contribution >= 4 is 43.4 Å². The molecular formula is C20H23BrN4O4S.